The number of aromatic nitrogens is 4. The molecule has 0 saturated carbocycles. The first-order valence-corrected chi connectivity index (χ1v) is 11.2. The van der Waals surface area contributed by atoms with Gasteiger partial charge in [-0.15, -0.1) is 0 Å². The van der Waals surface area contributed by atoms with E-state index in [9.17, 15) is 17.6 Å². The van der Waals surface area contributed by atoms with Crippen molar-refractivity contribution in [2.45, 2.75) is 13.3 Å². The first kappa shape index (κ1) is 21.5. The van der Waals surface area contributed by atoms with Gasteiger partial charge < -0.3 is 4.98 Å². The monoisotopic (exact) mass is 457 g/mol. The summed E-state index contributed by atoms with van der Waals surface area (Å²) in [6.07, 6.45) is 6.26. The third-order valence-electron chi connectivity index (χ3n) is 4.76. The SMILES string of the molecule is CCCS(=O)(=O)Nc1c(F)ccc(C(=O)c2c[nH]c3ncc(-c4ccnnc4)cc23)c1F. The highest BCUT2D eigenvalue weighted by Crippen LogP contribution is 2.29. The average Bonchev–Trinajstić information content (AvgIpc) is 3.20. The minimum Gasteiger partial charge on any atom is -0.345 e. The molecular formula is C21H17F2N5O3S. The maximum atomic E-state index is 15.1. The first-order valence-electron chi connectivity index (χ1n) is 9.58. The van der Waals surface area contributed by atoms with Gasteiger partial charge in [0.15, 0.2) is 11.6 Å². The van der Waals surface area contributed by atoms with Crippen molar-refractivity contribution in [3.8, 4) is 11.1 Å². The third-order valence-corrected chi connectivity index (χ3v) is 6.22. The van der Waals surface area contributed by atoms with Crippen LogP contribution in [0.5, 0.6) is 0 Å². The molecule has 32 heavy (non-hydrogen) atoms. The molecule has 4 rings (SSSR count). The van der Waals surface area contributed by atoms with E-state index in [0.29, 0.717) is 16.6 Å². The Hall–Kier alpha value is -3.73. The van der Waals surface area contributed by atoms with Crippen LogP contribution in [0.4, 0.5) is 14.5 Å². The van der Waals surface area contributed by atoms with Crippen molar-refractivity contribution < 1.29 is 22.0 Å². The van der Waals surface area contributed by atoms with Crippen molar-refractivity contribution in [3.05, 3.63) is 71.8 Å². The van der Waals surface area contributed by atoms with Gasteiger partial charge in [0, 0.05) is 34.5 Å². The normalized spacial score (nSPS) is 11.6. The number of nitrogens with one attached hydrogen (secondary N) is 2. The summed E-state index contributed by atoms with van der Waals surface area (Å²) in [6, 6.07) is 5.24. The number of H-pyrrole nitrogens is 1. The average molecular weight is 457 g/mol. The van der Waals surface area contributed by atoms with Gasteiger partial charge in [0.1, 0.15) is 17.2 Å². The number of ketones is 1. The lowest BCUT2D eigenvalue weighted by Gasteiger charge is -2.11. The predicted molar refractivity (Wildman–Crippen MR) is 115 cm³/mol. The molecule has 0 bridgehead atoms. The summed E-state index contributed by atoms with van der Waals surface area (Å²) in [6.45, 7) is 1.62. The molecule has 3 heterocycles. The van der Waals surface area contributed by atoms with Gasteiger partial charge in [-0.25, -0.2) is 22.2 Å². The van der Waals surface area contributed by atoms with Gasteiger partial charge in [-0.05, 0) is 30.7 Å². The molecular weight excluding hydrogens is 440 g/mol. The van der Waals surface area contributed by atoms with Crippen molar-refractivity contribution in [2.24, 2.45) is 0 Å². The summed E-state index contributed by atoms with van der Waals surface area (Å²) < 4.78 is 55.2. The van der Waals surface area contributed by atoms with Crippen LogP contribution in [0.2, 0.25) is 0 Å². The quantitative estimate of drug-likeness (QED) is 0.409. The Balaban J connectivity index is 1.77. The Kier molecular flexibility index (Phi) is 5.66. The summed E-state index contributed by atoms with van der Waals surface area (Å²) in [4.78, 5) is 20.3. The number of fused-ring (bicyclic) bond motifs is 1. The van der Waals surface area contributed by atoms with Crippen molar-refractivity contribution in [1.29, 1.82) is 0 Å². The van der Waals surface area contributed by atoms with Crippen LogP contribution in [0.25, 0.3) is 22.2 Å². The van der Waals surface area contributed by atoms with E-state index in [2.05, 4.69) is 20.2 Å². The van der Waals surface area contributed by atoms with Crippen molar-refractivity contribution in [1.82, 2.24) is 20.2 Å². The number of rotatable bonds is 7. The molecule has 0 spiro atoms. The lowest BCUT2D eigenvalue weighted by Crippen LogP contribution is -2.19. The molecule has 0 atom stereocenters. The highest BCUT2D eigenvalue weighted by molar-refractivity contribution is 7.92. The zero-order valence-electron chi connectivity index (χ0n) is 16.8. The Morgan fingerprint density at radius 3 is 2.62 bits per heavy atom. The van der Waals surface area contributed by atoms with Gasteiger partial charge >= 0.3 is 0 Å². The van der Waals surface area contributed by atoms with Gasteiger partial charge in [-0.1, -0.05) is 6.92 Å². The van der Waals surface area contributed by atoms with Crippen LogP contribution in [0.15, 0.2) is 49.1 Å². The number of hydrogen-bond donors (Lipinski definition) is 2. The molecule has 8 nitrogen and oxygen atoms in total. The second-order valence-electron chi connectivity index (χ2n) is 6.99. The van der Waals surface area contributed by atoms with Crippen LogP contribution in [0.1, 0.15) is 29.3 Å². The first-order chi connectivity index (χ1) is 15.3. The topological polar surface area (TPSA) is 118 Å². The smallest absolute Gasteiger partial charge is 0.232 e. The van der Waals surface area contributed by atoms with Crippen LogP contribution in [-0.4, -0.2) is 40.1 Å². The van der Waals surface area contributed by atoms with E-state index in [1.807, 2.05) is 4.72 Å². The second-order valence-corrected chi connectivity index (χ2v) is 8.83. The number of aromatic amines is 1. The van der Waals surface area contributed by atoms with Crippen LogP contribution in [0.3, 0.4) is 0 Å². The van der Waals surface area contributed by atoms with Gasteiger partial charge in [0.2, 0.25) is 10.0 Å². The molecule has 0 aliphatic carbocycles. The fraction of sp³-hybridized carbons (Fsp3) is 0.143. The standard InChI is InChI=1S/C21H17F2N5O3S/c1-2-7-32(30,31)28-19-17(22)4-3-14(18(19)23)20(29)16-11-25-21-15(16)8-13(9-24-21)12-5-6-26-27-10-12/h3-6,8-11,28H,2,7H2,1H3,(H,24,25). The van der Waals surface area contributed by atoms with Gasteiger partial charge in [-0.2, -0.15) is 10.2 Å². The fourth-order valence-electron chi connectivity index (χ4n) is 3.25. The molecule has 0 fully saturated rings. The lowest BCUT2D eigenvalue weighted by molar-refractivity contribution is 0.103. The predicted octanol–water partition coefficient (Wildman–Crippen LogP) is 3.68. The summed E-state index contributed by atoms with van der Waals surface area (Å²) in [5, 5.41) is 7.95. The van der Waals surface area contributed by atoms with E-state index in [1.165, 1.54) is 18.6 Å². The van der Waals surface area contributed by atoms with E-state index in [-0.39, 0.29) is 17.7 Å². The maximum Gasteiger partial charge on any atom is 0.232 e. The molecule has 3 aromatic heterocycles. The zero-order chi connectivity index (χ0) is 22.9. The van der Waals surface area contributed by atoms with E-state index in [0.717, 1.165) is 17.7 Å². The second kappa shape index (κ2) is 8.42. The number of benzene rings is 1. The summed E-state index contributed by atoms with van der Waals surface area (Å²) in [7, 11) is -3.97. The molecule has 11 heteroatoms. The molecule has 164 valence electrons. The molecule has 0 amide bonds. The lowest BCUT2D eigenvalue weighted by atomic mass is 10.0. The molecule has 0 unspecified atom stereocenters. The van der Waals surface area contributed by atoms with E-state index >= 15 is 4.39 Å². The number of hydrogen-bond acceptors (Lipinski definition) is 6. The zero-order valence-corrected chi connectivity index (χ0v) is 17.6. The minimum absolute atomic E-state index is 0.101. The van der Waals surface area contributed by atoms with Crippen LogP contribution < -0.4 is 4.72 Å². The molecule has 0 saturated heterocycles. The third kappa shape index (κ3) is 4.06. The number of nitrogens with zero attached hydrogens (tertiary/aromatic N) is 3. The number of halogens is 2. The summed E-state index contributed by atoms with van der Waals surface area (Å²) in [5.41, 5.74) is 0.515. The highest BCUT2D eigenvalue weighted by Gasteiger charge is 2.24. The van der Waals surface area contributed by atoms with E-state index in [4.69, 9.17) is 0 Å². The van der Waals surface area contributed by atoms with Crippen LogP contribution in [0, 0.1) is 11.6 Å². The van der Waals surface area contributed by atoms with Crippen molar-refractivity contribution in [3.63, 3.8) is 0 Å². The molecule has 1 aromatic carbocycles. The molecule has 2 N–H and O–H groups in total. The maximum absolute atomic E-state index is 15.1. The Morgan fingerprint density at radius 2 is 1.91 bits per heavy atom. The Morgan fingerprint density at radius 1 is 1.09 bits per heavy atom. The number of sulfonamides is 1. The van der Waals surface area contributed by atoms with Gasteiger partial charge in [0.25, 0.3) is 0 Å². The number of pyridine rings is 1. The van der Waals surface area contributed by atoms with Gasteiger partial charge in [-0.3, -0.25) is 9.52 Å². The highest BCUT2D eigenvalue weighted by atomic mass is 32.2. The number of anilines is 1. The number of carbonyl (C=O) groups excluding carboxylic acids is 1. The molecule has 0 aliphatic heterocycles. The minimum atomic E-state index is -3.97. The largest absolute Gasteiger partial charge is 0.345 e. The fourth-order valence-corrected chi connectivity index (χ4v) is 4.39. The Bertz CT molecular complexity index is 1420. The van der Waals surface area contributed by atoms with Crippen LogP contribution in [-0.2, 0) is 10.0 Å². The molecule has 0 radical (unpaired) electrons. The van der Waals surface area contributed by atoms with E-state index in [1.54, 1.807) is 25.3 Å². The van der Waals surface area contributed by atoms with Crippen LogP contribution >= 0.6 is 0 Å². The molecule has 4 aromatic rings. The van der Waals surface area contributed by atoms with Crippen molar-refractivity contribution in [2.75, 3.05) is 10.5 Å². The molecule has 0 aliphatic rings. The van der Waals surface area contributed by atoms with Gasteiger partial charge in [0.05, 0.1) is 23.7 Å². The summed E-state index contributed by atoms with van der Waals surface area (Å²) >= 11 is 0. The number of carbonyl (C=O) groups is 1. The van der Waals surface area contributed by atoms with Crippen molar-refractivity contribution >= 4 is 32.5 Å². The van der Waals surface area contributed by atoms with E-state index < -0.39 is 38.7 Å². The summed E-state index contributed by atoms with van der Waals surface area (Å²) in [5.74, 6) is -3.47. The Labute approximate surface area is 181 Å².